The van der Waals surface area contributed by atoms with E-state index < -0.39 is 0 Å². The van der Waals surface area contributed by atoms with Gasteiger partial charge in [-0.05, 0) is 25.0 Å². The number of hydrogen-bond donors (Lipinski definition) is 1. The van der Waals surface area contributed by atoms with E-state index in [1.165, 1.54) is 23.1 Å². The number of nitrogens with one attached hydrogen (secondary N) is 1. The molecule has 0 saturated carbocycles. The van der Waals surface area contributed by atoms with Crippen molar-refractivity contribution < 1.29 is 9.59 Å². The molecule has 3 heterocycles. The molecule has 1 aliphatic heterocycles. The molecule has 140 valence electrons. The summed E-state index contributed by atoms with van der Waals surface area (Å²) < 4.78 is 2.03. The predicted molar refractivity (Wildman–Crippen MR) is 110 cm³/mol. The zero-order valence-corrected chi connectivity index (χ0v) is 16.9. The van der Waals surface area contributed by atoms with Crippen LogP contribution in [0.1, 0.15) is 12.8 Å². The molecular formula is C18H18N4O2S3. The molecule has 1 fully saturated rings. The normalized spacial score (nSPS) is 17.2. The average Bonchev–Trinajstić information content (AvgIpc) is 3.35. The molecule has 1 saturated heterocycles. The minimum atomic E-state index is -0.181. The third-order valence-electron chi connectivity index (χ3n) is 4.40. The van der Waals surface area contributed by atoms with Gasteiger partial charge in [0.25, 0.3) is 0 Å². The summed E-state index contributed by atoms with van der Waals surface area (Å²) in [6.45, 7) is 1.18. The number of hydrogen-bond acceptors (Lipinski definition) is 7. The average molecular weight is 419 g/mol. The molecule has 4 rings (SSSR count). The van der Waals surface area contributed by atoms with Crippen molar-refractivity contribution in [3.05, 3.63) is 35.8 Å². The Hall–Kier alpha value is -1.97. The lowest BCUT2D eigenvalue weighted by Gasteiger charge is -2.31. The molecule has 1 aliphatic rings. The largest absolute Gasteiger partial charge is 0.341 e. The highest BCUT2D eigenvalue weighted by molar-refractivity contribution is 8.01. The first-order valence-electron chi connectivity index (χ1n) is 8.65. The maximum Gasteiger partial charge on any atom is 0.233 e. The second-order valence-corrected chi connectivity index (χ2v) is 9.39. The topological polar surface area (TPSA) is 75.2 Å². The quantitative estimate of drug-likeness (QED) is 0.639. The molecule has 3 aromatic rings. The first-order chi connectivity index (χ1) is 13.2. The molecule has 0 radical (unpaired) electrons. The molecule has 0 spiro atoms. The van der Waals surface area contributed by atoms with E-state index in [1.807, 2.05) is 29.6 Å². The molecule has 2 amide bonds. The van der Waals surface area contributed by atoms with Crippen molar-refractivity contribution in [1.29, 1.82) is 0 Å². The molecule has 0 bridgehead atoms. The summed E-state index contributed by atoms with van der Waals surface area (Å²) >= 11 is 4.47. The summed E-state index contributed by atoms with van der Waals surface area (Å²) in [5, 5.41) is 5.27. The molecule has 1 N–H and O–H groups in total. The molecule has 0 aliphatic carbocycles. The van der Waals surface area contributed by atoms with E-state index in [1.54, 1.807) is 22.4 Å². The number of amides is 2. The van der Waals surface area contributed by atoms with Crippen molar-refractivity contribution in [3.8, 4) is 0 Å². The highest BCUT2D eigenvalue weighted by Crippen LogP contribution is 2.30. The number of rotatable bonds is 5. The maximum atomic E-state index is 12.6. The molecule has 2 aromatic heterocycles. The number of likely N-dealkylation sites (tertiary alicyclic amines) is 1. The predicted octanol–water partition coefficient (Wildman–Crippen LogP) is 3.72. The first-order valence-corrected chi connectivity index (χ1v) is 11.3. The number of piperidine rings is 1. The van der Waals surface area contributed by atoms with Gasteiger partial charge in [-0.2, -0.15) is 0 Å². The van der Waals surface area contributed by atoms with E-state index >= 15 is 0 Å². The van der Waals surface area contributed by atoms with Crippen LogP contribution in [0.3, 0.4) is 0 Å². The van der Waals surface area contributed by atoms with Crippen LogP contribution in [0.2, 0.25) is 0 Å². The lowest BCUT2D eigenvalue weighted by molar-refractivity contribution is -0.132. The summed E-state index contributed by atoms with van der Waals surface area (Å²) in [5.74, 6) is 0.173. The van der Waals surface area contributed by atoms with Gasteiger partial charge in [0, 0.05) is 24.7 Å². The highest BCUT2D eigenvalue weighted by Gasteiger charge is 2.28. The van der Waals surface area contributed by atoms with Crippen molar-refractivity contribution in [1.82, 2.24) is 14.9 Å². The summed E-state index contributed by atoms with van der Waals surface area (Å²) in [7, 11) is 0. The van der Waals surface area contributed by atoms with E-state index in [4.69, 9.17) is 0 Å². The molecule has 6 nitrogen and oxygen atoms in total. The summed E-state index contributed by atoms with van der Waals surface area (Å²) in [4.78, 5) is 35.5. The van der Waals surface area contributed by atoms with Gasteiger partial charge < -0.3 is 10.2 Å². The molecular weight excluding hydrogens is 400 g/mol. The third kappa shape index (κ3) is 4.48. The number of carbonyl (C=O) groups is 2. The molecule has 1 unspecified atom stereocenters. The zero-order chi connectivity index (χ0) is 18.6. The van der Waals surface area contributed by atoms with Crippen LogP contribution in [0.15, 0.2) is 40.2 Å². The highest BCUT2D eigenvalue weighted by atomic mass is 32.2. The summed E-state index contributed by atoms with van der Waals surface area (Å²) in [5.41, 5.74) is 0.967. The number of carbonyl (C=O) groups excluding carboxylic acids is 2. The Kier molecular flexibility index (Phi) is 5.70. The van der Waals surface area contributed by atoms with Crippen LogP contribution in [0, 0.1) is 5.92 Å². The van der Waals surface area contributed by atoms with Gasteiger partial charge in [0.05, 0.1) is 21.9 Å². The molecule has 1 atom stereocenters. The Morgan fingerprint density at radius 3 is 3.04 bits per heavy atom. The summed E-state index contributed by atoms with van der Waals surface area (Å²) in [6, 6.07) is 7.97. The van der Waals surface area contributed by atoms with E-state index in [0.29, 0.717) is 24.0 Å². The second kappa shape index (κ2) is 8.37. The minimum absolute atomic E-state index is 0.0544. The van der Waals surface area contributed by atoms with Crippen LogP contribution in [0.25, 0.3) is 10.2 Å². The summed E-state index contributed by atoms with van der Waals surface area (Å²) in [6.07, 6.45) is 3.30. The van der Waals surface area contributed by atoms with Crippen molar-refractivity contribution >= 4 is 61.6 Å². The third-order valence-corrected chi connectivity index (χ3v) is 7.25. The van der Waals surface area contributed by atoms with Gasteiger partial charge in [-0.15, -0.1) is 22.7 Å². The van der Waals surface area contributed by atoms with Gasteiger partial charge in [-0.25, -0.2) is 9.97 Å². The first kappa shape index (κ1) is 18.4. The second-order valence-electron chi connectivity index (χ2n) is 6.24. The minimum Gasteiger partial charge on any atom is -0.341 e. The smallest absolute Gasteiger partial charge is 0.233 e. The fourth-order valence-corrected chi connectivity index (χ4v) is 5.54. The van der Waals surface area contributed by atoms with Crippen molar-refractivity contribution in [2.75, 3.05) is 24.2 Å². The van der Waals surface area contributed by atoms with E-state index in [-0.39, 0.29) is 17.7 Å². The molecule has 27 heavy (non-hydrogen) atoms. The number of thioether (sulfide) groups is 1. The SMILES string of the molecule is O=C(Nc1nccs1)C1CCCN(C(=O)CSc2nc3ccccc3s2)C1. The number of anilines is 1. The Balaban J connectivity index is 1.32. The van der Waals surface area contributed by atoms with Crippen molar-refractivity contribution in [3.63, 3.8) is 0 Å². The monoisotopic (exact) mass is 418 g/mol. The number of nitrogens with zero attached hydrogens (tertiary/aromatic N) is 3. The van der Waals surface area contributed by atoms with E-state index in [0.717, 1.165) is 27.4 Å². The fraction of sp³-hybridized carbons (Fsp3) is 0.333. The Morgan fingerprint density at radius 1 is 1.33 bits per heavy atom. The van der Waals surface area contributed by atoms with Crippen molar-refractivity contribution in [2.45, 2.75) is 17.2 Å². The lowest BCUT2D eigenvalue weighted by Crippen LogP contribution is -2.44. The van der Waals surface area contributed by atoms with Gasteiger partial charge in [0.1, 0.15) is 0 Å². The number of thiazole rings is 2. The standard InChI is InChI=1S/C18H18N4O2S3/c23-15(11-26-18-20-13-5-1-2-6-14(13)27-18)22-8-3-4-12(10-22)16(24)21-17-19-7-9-25-17/h1-2,5-7,9,12H,3-4,8,10-11H2,(H,19,21,24). The number of para-hydroxylation sites is 1. The van der Waals surface area contributed by atoms with Crippen LogP contribution in [0.5, 0.6) is 0 Å². The van der Waals surface area contributed by atoms with Gasteiger partial charge in [-0.3, -0.25) is 9.59 Å². The number of fused-ring (bicyclic) bond motifs is 1. The van der Waals surface area contributed by atoms with E-state index in [9.17, 15) is 9.59 Å². The Morgan fingerprint density at radius 2 is 2.22 bits per heavy atom. The van der Waals surface area contributed by atoms with Gasteiger partial charge in [0.2, 0.25) is 11.8 Å². The fourth-order valence-electron chi connectivity index (χ4n) is 3.04. The van der Waals surface area contributed by atoms with Crippen LogP contribution >= 0.6 is 34.4 Å². The van der Waals surface area contributed by atoms with E-state index in [2.05, 4.69) is 15.3 Å². The Bertz CT molecular complexity index is 908. The van der Waals surface area contributed by atoms with Crippen LogP contribution in [0.4, 0.5) is 5.13 Å². The van der Waals surface area contributed by atoms with Gasteiger partial charge in [-0.1, -0.05) is 23.9 Å². The van der Waals surface area contributed by atoms with Crippen LogP contribution < -0.4 is 5.32 Å². The van der Waals surface area contributed by atoms with Gasteiger partial charge in [0.15, 0.2) is 9.47 Å². The number of benzene rings is 1. The lowest BCUT2D eigenvalue weighted by atomic mass is 9.97. The van der Waals surface area contributed by atoms with Gasteiger partial charge >= 0.3 is 0 Å². The molecule has 1 aromatic carbocycles. The maximum absolute atomic E-state index is 12.6. The Labute approximate surface area is 169 Å². The van der Waals surface area contributed by atoms with Crippen molar-refractivity contribution in [2.24, 2.45) is 5.92 Å². The molecule has 9 heteroatoms. The zero-order valence-electron chi connectivity index (χ0n) is 14.5. The van der Waals surface area contributed by atoms with Crippen LogP contribution in [-0.4, -0.2) is 45.5 Å². The number of aromatic nitrogens is 2. The van der Waals surface area contributed by atoms with Crippen LogP contribution in [-0.2, 0) is 9.59 Å².